The van der Waals surface area contributed by atoms with Crippen molar-refractivity contribution in [2.75, 3.05) is 7.11 Å². The lowest BCUT2D eigenvalue weighted by molar-refractivity contribution is -0.137. The molecule has 0 radical (unpaired) electrons. The summed E-state index contributed by atoms with van der Waals surface area (Å²) < 4.78 is 44.8. The lowest BCUT2D eigenvalue weighted by atomic mass is 10.0. The Hall–Kier alpha value is -3.29. The van der Waals surface area contributed by atoms with Crippen molar-refractivity contribution in [3.8, 4) is 22.7 Å². The summed E-state index contributed by atoms with van der Waals surface area (Å²) in [6.45, 7) is 1.59. The SMILES string of the molecule is COc1ccc(-n2nc(-c3ccc(C(F)(F)F)cc3)c(C(=O)O)c2C)cc1. The van der Waals surface area contributed by atoms with Crippen molar-refractivity contribution in [2.24, 2.45) is 0 Å². The van der Waals surface area contributed by atoms with Gasteiger partial charge in [0.15, 0.2) is 0 Å². The molecular weight excluding hydrogens is 361 g/mol. The standard InChI is InChI=1S/C19H15F3N2O3/c1-11-16(18(25)26)17(12-3-5-13(6-4-12)19(20,21)22)23-24(11)14-7-9-15(27-2)10-8-14/h3-10H,1-2H3,(H,25,26). The van der Waals surface area contributed by atoms with Gasteiger partial charge in [-0.15, -0.1) is 0 Å². The molecule has 0 amide bonds. The first-order valence-corrected chi connectivity index (χ1v) is 7.87. The number of alkyl halides is 3. The normalized spacial score (nSPS) is 11.4. The Morgan fingerprint density at radius 3 is 2.15 bits per heavy atom. The second kappa shape index (κ2) is 6.79. The summed E-state index contributed by atoms with van der Waals surface area (Å²) in [4.78, 5) is 11.7. The van der Waals surface area contributed by atoms with E-state index in [1.54, 1.807) is 31.2 Å². The van der Waals surface area contributed by atoms with Crippen molar-refractivity contribution in [1.82, 2.24) is 9.78 Å². The Labute approximate surface area is 152 Å². The van der Waals surface area contributed by atoms with E-state index in [2.05, 4.69) is 5.10 Å². The summed E-state index contributed by atoms with van der Waals surface area (Å²) in [5.74, 6) is -0.577. The van der Waals surface area contributed by atoms with E-state index in [4.69, 9.17) is 4.74 Å². The van der Waals surface area contributed by atoms with Crippen LogP contribution in [0.25, 0.3) is 16.9 Å². The number of benzene rings is 2. The molecule has 0 aliphatic carbocycles. The first-order chi connectivity index (χ1) is 12.7. The Kier molecular flexibility index (Phi) is 4.65. The van der Waals surface area contributed by atoms with Crippen LogP contribution in [0.2, 0.25) is 0 Å². The van der Waals surface area contributed by atoms with E-state index >= 15 is 0 Å². The van der Waals surface area contributed by atoms with E-state index in [1.165, 1.54) is 23.9 Å². The molecule has 1 heterocycles. The summed E-state index contributed by atoms with van der Waals surface area (Å²) in [7, 11) is 1.53. The van der Waals surface area contributed by atoms with Crippen LogP contribution in [0.1, 0.15) is 21.6 Å². The number of carbonyl (C=O) groups is 1. The number of hydrogen-bond donors (Lipinski definition) is 1. The third-order valence-electron chi connectivity index (χ3n) is 4.13. The maximum absolute atomic E-state index is 12.8. The molecule has 5 nitrogen and oxygen atoms in total. The lowest BCUT2D eigenvalue weighted by Crippen LogP contribution is -2.04. The molecule has 0 spiro atoms. The fraction of sp³-hybridized carbons (Fsp3) is 0.158. The van der Waals surface area contributed by atoms with E-state index in [1.807, 2.05) is 0 Å². The van der Waals surface area contributed by atoms with Crippen molar-refractivity contribution in [3.63, 3.8) is 0 Å². The average Bonchev–Trinajstić information content (AvgIpc) is 2.98. The molecule has 0 aliphatic rings. The highest BCUT2D eigenvalue weighted by molar-refractivity contribution is 5.96. The van der Waals surface area contributed by atoms with Gasteiger partial charge in [0.2, 0.25) is 0 Å². The van der Waals surface area contributed by atoms with E-state index in [0.29, 0.717) is 17.1 Å². The van der Waals surface area contributed by atoms with Gasteiger partial charge in [0.25, 0.3) is 0 Å². The second-order valence-electron chi connectivity index (χ2n) is 5.80. The molecule has 0 atom stereocenters. The molecule has 0 unspecified atom stereocenters. The third-order valence-corrected chi connectivity index (χ3v) is 4.13. The minimum atomic E-state index is -4.47. The van der Waals surface area contributed by atoms with Crippen molar-refractivity contribution in [2.45, 2.75) is 13.1 Å². The Bertz CT molecular complexity index is 975. The van der Waals surface area contributed by atoms with Crippen molar-refractivity contribution in [3.05, 3.63) is 65.4 Å². The van der Waals surface area contributed by atoms with Crippen molar-refractivity contribution in [1.29, 1.82) is 0 Å². The van der Waals surface area contributed by atoms with E-state index in [9.17, 15) is 23.1 Å². The van der Waals surface area contributed by atoms with E-state index in [-0.39, 0.29) is 16.8 Å². The second-order valence-corrected chi connectivity index (χ2v) is 5.80. The van der Waals surface area contributed by atoms with Crippen LogP contribution in [0, 0.1) is 6.92 Å². The number of aromatic nitrogens is 2. The molecule has 8 heteroatoms. The molecule has 2 aromatic carbocycles. The predicted molar refractivity (Wildman–Crippen MR) is 92.3 cm³/mol. The monoisotopic (exact) mass is 376 g/mol. The Morgan fingerprint density at radius 2 is 1.67 bits per heavy atom. The molecule has 3 rings (SSSR count). The van der Waals surface area contributed by atoms with Crippen LogP contribution < -0.4 is 4.74 Å². The summed E-state index contributed by atoms with van der Waals surface area (Å²) >= 11 is 0. The zero-order valence-electron chi connectivity index (χ0n) is 14.4. The number of carboxylic acid groups (broad SMARTS) is 1. The zero-order chi connectivity index (χ0) is 19.8. The van der Waals surface area contributed by atoms with Gasteiger partial charge < -0.3 is 9.84 Å². The summed E-state index contributed by atoms with van der Waals surface area (Å²) in [5.41, 5.74) is 0.483. The van der Waals surface area contributed by atoms with Gasteiger partial charge in [-0.2, -0.15) is 18.3 Å². The summed E-state index contributed by atoms with van der Waals surface area (Å²) in [5, 5.41) is 13.9. The van der Waals surface area contributed by atoms with Crippen LogP contribution >= 0.6 is 0 Å². The Morgan fingerprint density at radius 1 is 1.07 bits per heavy atom. The molecule has 140 valence electrons. The molecule has 0 fully saturated rings. The summed E-state index contributed by atoms with van der Waals surface area (Å²) in [6, 6.07) is 11.1. The van der Waals surface area contributed by atoms with Crippen molar-refractivity contribution < 1.29 is 27.8 Å². The van der Waals surface area contributed by atoms with Crippen LogP contribution in [0.15, 0.2) is 48.5 Å². The highest BCUT2D eigenvalue weighted by atomic mass is 19.4. The molecule has 0 aliphatic heterocycles. The molecule has 0 saturated heterocycles. The first-order valence-electron chi connectivity index (χ1n) is 7.87. The minimum Gasteiger partial charge on any atom is -0.497 e. The molecule has 3 aromatic rings. The quantitative estimate of drug-likeness (QED) is 0.724. The maximum atomic E-state index is 12.8. The number of methoxy groups -OCH3 is 1. The number of hydrogen-bond acceptors (Lipinski definition) is 3. The number of rotatable bonds is 4. The molecule has 1 aromatic heterocycles. The van der Waals surface area contributed by atoms with E-state index < -0.39 is 17.7 Å². The first kappa shape index (κ1) is 18.5. The predicted octanol–water partition coefficient (Wildman–Crippen LogP) is 4.57. The van der Waals surface area contributed by atoms with Gasteiger partial charge in [0.1, 0.15) is 17.0 Å². The molecule has 1 N–H and O–H groups in total. The van der Waals surface area contributed by atoms with Gasteiger partial charge in [-0.1, -0.05) is 12.1 Å². The van der Waals surface area contributed by atoms with E-state index in [0.717, 1.165) is 12.1 Å². The largest absolute Gasteiger partial charge is 0.497 e. The van der Waals surface area contributed by atoms with Crippen LogP contribution in [0.5, 0.6) is 5.75 Å². The minimum absolute atomic E-state index is 0.0643. The molecule has 0 saturated carbocycles. The molecule has 27 heavy (non-hydrogen) atoms. The molecular formula is C19H15F3N2O3. The number of halogens is 3. The van der Waals surface area contributed by atoms with Gasteiger partial charge in [0.05, 0.1) is 24.1 Å². The lowest BCUT2D eigenvalue weighted by Gasteiger charge is -2.07. The van der Waals surface area contributed by atoms with Crippen LogP contribution in [-0.2, 0) is 6.18 Å². The highest BCUT2D eigenvalue weighted by Crippen LogP contribution is 2.32. The Balaban J connectivity index is 2.11. The number of carboxylic acids is 1. The fourth-order valence-corrected chi connectivity index (χ4v) is 2.75. The number of aromatic carboxylic acids is 1. The van der Waals surface area contributed by atoms with Gasteiger partial charge in [0, 0.05) is 5.56 Å². The summed E-state index contributed by atoms with van der Waals surface area (Å²) in [6.07, 6.45) is -4.47. The topological polar surface area (TPSA) is 64.4 Å². The van der Waals surface area contributed by atoms with Gasteiger partial charge in [-0.05, 0) is 43.3 Å². The van der Waals surface area contributed by atoms with Crippen LogP contribution in [0.3, 0.4) is 0 Å². The average molecular weight is 376 g/mol. The van der Waals surface area contributed by atoms with Gasteiger partial charge >= 0.3 is 12.1 Å². The maximum Gasteiger partial charge on any atom is 0.416 e. The number of nitrogens with zero attached hydrogens (tertiary/aromatic N) is 2. The number of ether oxygens (including phenoxy) is 1. The van der Waals surface area contributed by atoms with Crippen LogP contribution in [0.4, 0.5) is 13.2 Å². The molecule has 0 bridgehead atoms. The van der Waals surface area contributed by atoms with Gasteiger partial charge in [-0.25, -0.2) is 9.48 Å². The smallest absolute Gasteiger partial charge is 0.416 e. The highest BCUT2D eigenvalue weighted by Gasteiger charge is 2.30. The van der Waals surface area contributed by atoms with Crippen LogP contribution in [-0.4, -0.2) is 28.0 Å². The van der Waals surface area contributed by atoms with Crippen molar-refractivity contribution >= 4 is 5.97 Å². The van der Waals surface area contributed by atoms with Gasteiger partial charge in [-0.3, -0.25) is 0 Å². The zero-order valence-corrected chi connectivity index (χ0v) is 14.4. The fourth-order valence-electron chi connectivity index (χ4n) is 2.75. The third kappa shape index (κ3) is 3.51.